The smallest absolute Gasteiger partial charge is 0.231 e. The van der Waals surface area contributed by atoms with E-state index in [1.807, 2.05) is 29.6 Å². The van der Waals surface area contributed by atoms with E-state index in [1.165, 1.54) is 0 Å². The molecule has 0 aliphatic rings. The summed E-state index contributed by atoms with van der Waals surface area (Å²) in [6.07, 6.45) is 3.16. The fraction of sp³-hybridized carbons (Fsp3) is 0. The molecule has 0 atom stereocenters. The van der Waals surface area contributed by atoms with Crippen LogP contribution in [0.5, 0.6) is 0 Å². The van der Waals surface area contributed by atoms with Crippen molar-refractivity contribution in [1.82, 2.24) is 9.97 Å². The van der Waals surface area contributed by atoms with E-state index in [0.717, 1.165) is 10.1 Å². The average molecular weight is 240 g/mol. The molecule has 3 aromatic rings. The molecule has 1 aromatic carbocycles. The van der Waals surface area contributed by atoms with Gasteiger partial charge in [-0.05, 0) is 29.0 Å². The van der Waals surface area contributed by atoms with Gasteiger partial charge in [0.25, 0.3) is 0 Å². The Morgan fingerprint density at radius 3 is 2.71 bits per heavy atom. The van der Waals surface area contributed by atoms with Crippen molar-refractivity contribution in [2.75, 3.05) is 0 Å². The lowest BCUT2D eigenvalue weighted by molar-refractivity contribution is 0.103. The third kappa shape index (κ3) is 1.72. The van der Waals surface area contributed by atoms with Gasteiger partial charge >= 0.3 is 0 Å². The Hall–Kier alpha value is -2.07. The van der Waals surface area contributed by atoms with Crippen LogP contribution in [0.25, 0.3) is 10.1 Å². The normalized spacial score (nSPS) is 10.6. The maximum Gasteiger partial charge on any atom is 0.231 e. The first kappa shape index (κ1) is 10.1. The van der Waals surface area contributed by atoms with E-state index in [1.54, 1.807) is 29.8 Å². The summed E-state index contributed by atoms with van der Waals surface area (Å²) in [4.78, 5) is 20.2. The number of nitrogens with zero attached hydrogens (tertiary/aromatic N) is 2. The minimum atomic E-state index is -0.126. The molecule has 0 radical (unpaired) electrons. The minimum Gasteiger partial charge on any atom is -0.285 e. The number of fused-ring (bicyclic) bond motifs is 1. The van der Waals surface area contributed by atoms with E-state index in [9.17, 15) is 4.79 Å². The molecule has 0 fully saturated rings. The van der Waals surface area contributed by atoms with Crippen LogP contribution in [-0.2, 0) is 0 Å². The zero-order chi connectivity index (χ0) is 11.7. The highest BCUT2D eigenvalue weighted by molar-refractivity contribution is 7.17. The fourth-order valence-electron chi connectivity index (χ4n) is 1.71. The number of hydrogen-bond acceptors (Lipinski definition) is 4. The lowest BCUT2D eigenvalue weighted by Crippen LogP contribution is -2.06. The zero-order valence-corrected chi connectivity index (χ0v) is 9.65. The Balaban J connectivity index is 2.16. The van der Waals surface area contributed by atoms with Crippen LogP contribution in [0, 0.1) is 0 Å². The standard InChI is InChI=1S/C13H8N2OS/c16-11(13-14-6-2-7-15-13)10-4-1-3-9-5-8-17-12(9)10/h1-8H. The van der Waals surface area contributed by atoms with Gasteiger partial charge in [0, 0.05) is 22.7 Å². The molecule has 3 rings (SSSR count). The summed E-state index contributed by atoms with van der Waals surface area (Å²) in [5, 5.41) is 3.06. The van der Waals surface area contributed by atoms with Gasteiger partial charge in [-0.1, -0.05) is 12.1 Å². The Bertz CT molecular complexity index is 676. The number of hydrogen-bond donors (Lipinski definition) is 0. The van der Waals surface area contributed by atoms with Crippen LogP contribution < -0.4 is 0 Å². The van der Waals surface area contributed by atoms with Gasteiger partial charge in [0.15, 0.2) is 0 Å². The number of aromatic nitrogens is 2. The molecule has 0 aliphatic heterocycles. The van der Waals surface area contributed by atoms with Gasteiger partial charge in [0.1, 0.15) is 0 Å². The van der Waals surface area contributed by atoms with Crippen molar-refractivity contribution in [3.8, 4) is 0 Å². The summed E-state index contributed by atoms with van der Waals surface area (Å²) in [6.45, 7) is 0. The molecule has 0 spiro atoms. The van der Waals surface area contributed by atoms with E-state index in [4.69, 9.17) is 0 Å². The molecule has 0 aliphatic carbocycles. The summed E-state index contributed by atoms with van der Waals surface area (Å²) >= 11 is 1.56. The molecule has 0 saturated carbocycles. The van der Waals surface area contributed by atoms with Crippen LogP contribution in [0.3, 0.4) is 0 Å². The van der Waals surface area contributed by atoms with Crippen LogP contribution in [0.1, 0.15) is 16.2 Å². The number of benzene rings is 1. The molecule has 0 N–H and O–H groups in total. The van der Waals surface area contributed by atoms with Gasteiger partial charge in [0.2, 0.25) is 11.6 Å². The molecule has 0 bridgehead atoms. The predicted octanol–water partition coefficient (Wildman–Crippen LogP) is 2.92. The summed E-state index contributed by atoms with van der Waals surface area (Å²) in [6, 6.07) is 9.39. The highest BCUT2D eigenvalue weighted by Crippen LogP contribution is 2.25. The van der Waals surface area contributed by atoms with Crippen molar-refractivity contribution >= 4 is 27.2 Å². The van der Waals surface area contributed by atoms with Crippen LogP contribution in [-0.4, -0.2) is 15.8 Å². The molecule has 17 heavy (non-hydrogen) atoms. The molecule has 2 heterocycles. The quantitative estimate of drug-likeness (QED) is 0.647. The third-order valence-electron chi connectivity index (χ3n) is 2.49. The lowest BCUT2D eigenvalue weighted by Gasteiger charge is -2.00. The van der Waals surface area contributed by atoms with Crippen LogP contribution in [0.2, 0.25) is 0 Å². The van der Waals surface area contributed by atoms with Crippen molar-refractivity contribution in [3.63, 3.8) is 0 Å². The second-order valence-corrected chi connectivity index (χ2v) is 4.46. The number of carbonyl (C=O) groups is 1. The maximum atomic E-state index is 12.2. The predicted molar refractivity (Wildman–Crippen MR) is 67.3 cm³/mol. The van der Waals surface area contributed by atoms with E-state index >= 15 is 0 Å². The largest absolute Gasteiger partial charge is 0.285 e. The first-order valence-corrected chi connectivity index (χ1v) is 6.02. The lowest BCUT2D eigenvalue weighted by atomic mass is 10.1. The number of ketones is 1. The van der Waals surface area contributed by atoms with Gasteiger partial charge < -0.3 is 0 Å². The molecule has 0 unspecified atom stereocenters. The summed E-state index contributed by atoms with van der Waals surface area (Å²) in [5.41, 5.74) is 0.670. The third-order valence-corrected chi connectivity index (χ3v) is 3.46. The molecular weight excluding hydrogens is 232 g/mol. The first-order chi connectivity index (χ1) is 8.36. The second kappa shape index (κ2) is 4.07. The number of carbonyl (C=O) groups excluding carboxylic acids is 1. The van der Waals surface area contributed by atoms with E-state index in [0.29, 0.717) is 5.56 Å². The second-order valence-electron chi connectivity index (χ2n) is 3.55. The Kier molecular flexibility index (Phi) is 2.42. The van der Waals surface area contributed by atoms with Crippen LogP contribution >= 0.6 is 11.3 Å². The molecule has 0 amide bonds. The molecule has 82 valence electrons. The fourth-order valence-corrected chi connectivity index (χ4v) is 2.62. The molecule has 2 aromatic heterocycles. The van der Waals surface area contributed by atoms with Crippen molar-refractivity contribution < 1.29 is 4.79 Å². The molecule has 4 heteroatoms. The van der Waals surface area contributed by atoms with Crippen molar-refractivity contribution in [3.05, 3.63) is 59.5 Å². The number of thiophene rings is 1. The number of rotatable bonds is 2. The SMILES string of the molecule is O=C(c1ncccn1)c1cccc2ccsc12. The van der Waals surface area contributed by atoms with Gasteiger partial charge in [-0.2, -0.15) is 0 Å². The molecule has 0 saturated heterocycles. The van der Waals surface area contributed by atoms with Crippen molar-refractivity contribution in [2.24, 2.45) is 0 Å². The Morgan fingerprint density at radius 2 is 1.88 bits per heavy atom. The van der Waals surface area contributed by atoms with E-state index in [2.05, 4.69) is 9.97 Å². The minimum absolute atomic E-state index is 0.126. The maximum absolute atomic E-state index is 12.2. The highest BCUT2D eigenvalue weighted by atomic mass is 32.1. The summed E-state index contributed by atoms with van der Waals surface area (Å²) < 4.78 is 0.991. The van der Waals surface area contributed by atoms with Gasteiger partial charge in [-0.15, -0.1) is 11.3 Å². The van der Waals surface area contributed by atoms with E-state index in [-0.39, 0.29) is 11.6 Å². The van der Waals surface area contributed by atoms with Crippen LogP contribution in [0.4, 0.5) is 0 Å². The zero-order valence-electron chi connectivity index (χ0n) is 8.83. The Morgan fingerprint density at radius 1 is 1.06 bits per heavy atom. The highest BCUT2D eigenvalue weighted by Gasteiger charge is 2.14. The molecule has 3 nitrogen and oxygen atoms in total. The first-order valence-electron chi connectivity index (χ1n) is 5.14. The molecular formula is C13H8N2OS. The topological polar surface area (TPSA) is 42.9 Å². The summed E-state index contributed by atoms with van der Waals surface area (Å²) in [5.74, 6) is 0.118. The summed E-state index contributed by atoms with van der Waals surface area (Å²) in [7, 11) is 0. The van der Waals surface area contributed by atoms with Gasteiger partial charge in [-0.25, -0.2) is 9.97 Å². The van der Waals surface area contributed by atoms with Gasteiger partial charge in [-0.3, -0.25) is 4.79 Å². The Labute approximate surface area is 102 Å². The van der Waals surface area contributed by atoms with Crippen molar-refractivity contribution in [1.29, 1.82) is 0 Å². The monoisotopic (exact) mass is 240 g/mol. The van der Waals surface area contributed by atoms with E-state index < -0.39 is 0 Å². The van der Waals surface area contributed by atoms with Gasteiger partial charge in [0.05, 0.1) is 0 Å². The van der Waals surface area contributed by atoms with Crippen LogP contribution in [0.15, 0.2) is 48.1 Å². The van der Waals surface area contributed by atoms with Crippen molar-refractivity contribution in [2.45, 2.75) is 0 Å². The average Bonchev–Trinajstić information content (AvgIpc) is 2.87.